The van der Waals surface area contributed by atoms with Crippen LogP contribution in [-0.4, -0.2) is 43.5 Å². The van der Waals surface area contributed by atoms with E-state index in [-0.39, 0.29) is 5.69 Å². The summed E-state index contributed by atoms with van der Waals surface area (Å²) < 4.78 is 24.2. The molecular weight excluding hydrogens is 294 g/mol. The summed E-state index contributed by atoms with van der Waals surface area (Å²) in [5, 5.41) is 13.7. The Balaban J connectivity index is 2.29. The zero-order chi connectivity index (χ0) is 15.9. The summed E-state index contributed by atoms with van der Waals surface area (Å²) in [6, 6.07) is 6.36. The van der Waals surface area contributed by atoms with Crippen LogP contribution in [0.3, 0.4) is 0 Å². The monoisotopic (exact) mass is 315 g/mol. The molecule has 0 radical (unpaired) electrons. The van der Waals surface area contributed by atoms with Crippen LogP contribution in [0.15, 0.2) is 24.3 Å². The van der Waals surface area contributed by atoms with Gasteiger partial charge < -0.3 is 5.32 Å². The van der Waals surface area contributed by atoms with E-state index in [9.17, 15) is 18.5 Å². The molecule has 1 N–H and O–H groups in total. The Bertz CT molecular complexity index is 557. The first kappa shape index (κ1) is 17.5. The highest BCUT2D eigenvalue weighted by molar-refractivity contribution is 7.88. The van der Waals surface area contributed by atoms with E-state index >= 15 is 0 Å². The third kappa shape index (κ3) is 6.19. The van der Waals surface area contributed by atoms with Crippen molar-refractivity contribution in [1.29, 1.82) is 0 Å². The highest BCUT2D eigenvalue weighted by Crippen LogP contribution is 2.11. The number of rotatable bonds is 9. The van der Waals surface area contributed by atoms with Gasteiger partial charge in [0.05, 0.1) is 11.2 Å². The molecule has 7 nitrogen and oxygen atoms in total. The molecule has 0 aliphatic rings. The van der Waals surface area contributed by atoms with Crippen LogP contribution in [0.25, 0.3) is 0 Å². The Morgan fingerprint density at radius 1 is 1.29 bits per heavy atom. The molecule has 1 rings (SSSR count). The Morgan fingerprint density at radius 3 is 2.38 bits per heavy atom. The second kappa shape index (κ2) is 8.06. The number of nitro groups is 1. The Labute approximate surface area is 125 Å². The van der Waals surface area contributed by atoms with Crippen molar-refractivity contribution < 1.29 is 13.3 Å². The maximum absolute atomic E-state index is 11.4. The number of nitrogens with zero attached hydrogens (tertiary/aromatic N) is 2. The van der Waals surface area contributed by atoms with Gasteiger partial charge in [-0.3, -0.25) is 10.1 Å². The van der Waals surface area contributed by atoms with Crippen molar-refractivity contribution in [3.05, 3.63) is 39.9 Å². The molecule has 8 heteroatoms. The Hall–Kier alpha value is -1.51. The summed E-state index contributed by atoms with van der Waals surface area (Å²) in [5.74, 6) is 0. The first-order valence-electron chi connectivity index (χ1n) is 6.73. The topological polar surface area (TPSA) is 92.5 Å². The van der Waals surface area contributed by atoms with Gasteiger partial charge in [-0.2, -0.15) is 0 Å². The Morgan fingerprint density at radius 2 is 1.90 bits per heavy atom. The van der Waals surface area contributed by atoms with Crippen LogP contribution in [0.1, 0.15) is 18.9 Å². The number of benzene rings is 1. The largest absolute Gasteiger partial charge is 0.313 e. The van der Waals surface area contributed by atoms with Gasteiger partial charge in [0.1, 0.15) is 0 Å². The summed E-state index contributed by atoms with van der Waals surface area (Å²) in [5.41, 5.74) is 1.03. The highest BCUT2D eigenvalue weighted by atomic mass is 32.2. The molecule has 0 spiro atoms. The van der Waals surface area contributed by atoms with E-state index in [1.807, 2.05) is 6.92 Å². The van der Waals surface area contributed by atoms with E-state index in [1.165, 1.54) is 22.7 Å². The summed E-state index contributed by atoms with van der Waals surface area (Å²) in [6.07, 6.45) is 1.93. The molecule has 0 unspecified atom stereocenters. The lowest BCUT2D eigenvalue weighted by atomic mass is 10.2. The predicted molar refractivity (Wildman–Crippen MR) is 81.5 cm³/mol. The molecule has 0 atom stereocenters. The molecule has 0 heterocycles. The lowest BCUT2D eigenvalue weighted by Gasteiger charge is -2.17. The standard InChI is InChI=1S/C13H21N3O4S/c1-3-15(21(2,19)20)10-4-9-14-11-12-5-7-13(8-6-12)16(17)18/h5-8,14H,3-4,9-11H2,1-2H3. The van der Waals surface area contributed by atoms with Crippen molar-refractivity contribution >= 4 is 15.7 Å². The van der Waals surface area contributed by atoms with Crippen LogP contribution in [0.4, 0.5) is 5.69 Å². The molecule has 0 aromatic heterocycles. The van der Waals surface area contributed by atoms with Gasteiger partial charge in [-0.1, -0.05) is 19.1 Å². The number of hydrogen-bond acceptors (Lipinski definition) is 5. The molecule has 0 bridgehead atoms. The lowest BCUT2D eigenvalue weighted by Crippen LogP contribution is -2.32. The summed E-state index contributed by atoms with van der Waals surface area (Å²) in [6.45, 7) is 4.06. The quantitative estimate of drug-likeness (QED) is 0.422. The fourth-order valence-corrected chi connectivity index (χ4v) is 2.84. The first-order valence-corrected chi connectivity index (χ1v) is 8.58. The Kier molecular flexibility index (Phi) is 6.73. The molecule has 1 aromatic carbocycles. The lowest BCUT2D eigenvalue weighted by molar-refractivity contribution is -0.384. The van der Waals surface area contributed by atoms with E-state index in [1.54, 1.807) is 12.1 Å². The van der Waals surface area contributed by atoms with Crippen LogP contribution >= 0.6 is 0 Å². The highest BCUT2D eigenvalue weighted by Gasteiger charge is 2.12. The third-order valence-electron chi connectivity index (χ3n) is 3.06. The maximum atomic E-state index is 11.4. The van der Waals surface area contributed by atoms with Crippen LogP contribution < -0.4 is 5.32 Å². The normalized spacial score (nSPS) is 11.8. The second-order valence-electron chi connectivity index (χ2n) is 4.71. The van der Waals surface area contributed by atoms with Crippen molar-refractivity contribution in [3.63, 3.8) is 0 Å². The smallest absolute Gasteiger partial charge is 0.269 e. The van der Waals surface area contributed by atoms with Gasteiger partial charge in [-0.05, 0) is 18.5 Å². The van der Waals surface area contributed by atoms with E-state index in [0.29, 0.717) is 32.6 Å². The minimum Gasteiger partial charge on any atom is -0.313 e. The van der Waals surface area contributed by atoms with E-state index < -0.39 is 14.9 Å². The van der Waals surface area contributed by atoms with Gasteiger partial charge >= 0.3 is 0 Å². The summed E-state index contributed by atoms with van der Waals surface area (Å²) in [4.78, 5) is 10.1. The van der Waals surface area contributed by atoms with Gasteiger partial charge in [0.25, 0.3) is 5.69 Å². The number of nitro benzene ring substituents is 1. The predicted octanol–water partition coefficient (Wildman–Crippen LogP) is 1.36. The number of non-ortho nitro benzene ring substituents is 1. The zero-order valence-corrected chi connectivity index (χ0v) is 13.1. The second-order valence-corrected chi connectivity index (χ2v) is 6.69. The average Bonchev–Trinajstić information content (AvgIpc) is 2.41. The fourth-order valence-electron chi connectivity index (χ4n) is 1.91. The van der Waals surface area contributed by atoms with Crippen molar-refractivity contribution in [2.75, 3.05) is 25.9 Å². The first-order chi connectivity index (χ1) is 9.84. The molecule has 0 aliphatic carbocycles. The third-order valence-corrected chi connectivity index (χ3v) is 4.44. The molecular formula is C13H21N3O4S. The molecule has 118 valence electrons. The van der Waals surface area contributed by atoms with Gasteiger partial charge in [-0.25, -0.2) is 12.7 Å². The van der Waals surface area contributed by atoms with Crippen LogP contribution in [0.5, 0.6) is 0 Å². The van der Waals surface area contributed by atoms with E-state index in [0.717, 1.165) is 5.56 Å². The van der Waals surface area contributed by atoms with Gasteiger partial charge in [-0.15, -0.1) is 0 Å². The van der Waals surface area contributed by atoms with Crippen LogP contribution in [-0.2, 0) is 16.6 Å². The van der Waals surface area contributed by atoms with Crippen LogP contribution in [0, 0.1) is 10.1 Å². The molecule has 0 saturated carbocycles. The SMILES string of the molecule is CCN(CCCNCc1ccc([N+](=O)[O-])cc1)S(C)(=O)=O. The number of nitrogens with one attached hydrogen (secondary N) is 1. The molecule has 0 saturated heterocycles. The van der Waals surface area contributed by atoms with E-state index in [4.69, 9.17) is 0 Å². The molecule has 0 aliphatic heterocycles. The average molecular weight is 315 g/mol. The van der Waals surface area contributed by atoms with Crippen LogP contribution in [0.2, 0.25) is 0 Å². The fraction of sp³-hybridized carbons (Fsp3) is 0.538. The van der Waals surface area contributed by atoms with Gasteiger partial charge in [0.15, 0.2) is 0 Å². The van der Waals surface area contributed by atoms with Crippen molar-refractivity contribution in [3.8, 4) is 0 Å². The minimum atomic E-state index is -3.13. The number of sulfonamides is 1. The molecule has 0 fully saturated rings. The van der Waals surface area contributed by atoms with Crippen molar-refractivity contribution in [1.82, 2.24) is 9.62 Å². The summed E-state index contributed by atoms with van der Waals surface area (Å²) in [7, 11) is -3.13. The van der Waals surface area contributed by atoms with Crippen molar-refractivity contribution in [2.24, 2.45) is 0 Å². The molecule has 1 aromatic rings. The number of hydrogen-bond donors (Lipinski definition) is 1. The molecule has 0 amide bonds. The molecule has 21 heavy (non-hydrogen) atoms. The van der Waals surface area contributed by atoms with Gasteiger partial charge in [0, 0.05) is 31.8 Å². The van der Waals surface area contributed by atoms with E-state index in [2.05, 4.69) is 5.32 Å². The maximum Gasteiger partial charge on any atom is 0.269 e. The summed E-state index contributed by atoms with van der Waals surface area (Å²) >= 11 is 0. The van der Waals surface area contributed by atoms with Gasteiger partial charge in [0.2, 0.25) is 10.0 Å². The van der Waals surface area contributed by atoms with Crippen molar-refractivity contribution in [2.45, 2.75) is 19.9 Å². The minimum absolute atomic E-state index is 0.0745. The zero-order valence-electron chi connectivity index (χ0n) is 12.3.